The van der Waals surface area contributed by atoms with Crippen molar-refractivity contribution in [2.24, 2.45) is 5.92 Å². The fourth-order valence-corrected chi connectivity index (χ4v) is 3.45. The highest BCUT2D eigenvalue weighted by atomic mass is 32.2. The largest absolute Gasteiger partial charge is 0.481 e. The second-order valence-electron chi connectivity index (χ2n) is 5.26. The molecule has 1 heterocycles. The molecule has 0 saturated carbocycles. The number of benzene rings is 1. The molecule has 7 heteroatoms. The zero-order valence-electron chi connectivity index (χ0n) is 11.9. The molecule has 0 unspecified atom stereocenters. The molecule has 0 bridgehead atoms. The maximum atomic E-state index is 11.9. The Morgan fingerprint density at radius 2 is 1.95 bits per heavy atom. The summed E-state index contributed by atoms with van der Waals surface area (Å²) >= 11 is 0. The standard InChI is InChI=1S/C14H20N2O4S/c1-2-7-15-21(19,20)13-5-3-12(4-6-13)16-9-11(10-16)8-14(17)18/h3-6,11,15H,2,7-10H2,1H3,(H,17,18). The Morgan fingerprint density at radius 1 is 1.33 bits per heavy atom. The van der Waals surface area contributed by atoms with Crippen molar-refractivity contribution >= 4 is 21.7 Å². The minimum Gasteiger partial charge on any atom is -0.481 e. The van der Waals surface area contributed by atoms with Gasteiger partial charge in [0, 0.05) is 31.2 Å². The van der Waals surface area contributed by atoms with Gasteiger partial charge < -0.3 is 10.0 Å². The molecule has 1 fully saturated rings. The molecule has 0 radical (unpaired) electrons. The molecule has 0 atom stereocenters. The minimum atomic E-state index is -3.43. The number of hydrogen-bond donors (Lipinski definition) is 2. The number of carboxylic acid groups (broad SMARTS) is 1. The van der Waals surface area contributed by atoms with E-state index in [0.717, 1.165) is 12.1 Å². The van der Waals surface area contributed by atoms with Crippen LogP contribution in [0.4, 0.5) is 5.69 Å². The van der Waals surface area contributed by atoms with E-state index < -0.39 is 16.0 Å². The van der Waals surface area contributed by atoms with Crippen molar-refractivity contribution in [2.75, 3.05) is 24.5 Å². The van der Waals surface area contributed by atoms with E-state index in [2.05, 4.69) is 4.72 Å². The maximum Gasteiger partial charge on any atom is 0.303 e. The Kier molecular flexibility index (Phi) is 4.84. The number of aliphatic carboxylic acids is 1. The molecule has 0 aliphatic carbocycles. The van der Waals surface area contributed by atoms with E-state index in [-0.39, 0.29) is 17.2 Å². The van der Waals surface area contributed by atoms with E-state index in [1.165, 1.54) is 0 Å². The Hall–Kier alpha value is -1.60. The van der Waals surface area contributed by atoms with Gasteiger partial charge in [-0.2, -0.15) is 0 Å². The van der Waals surface area contributed by atoms with Crippen molar-refractivity contribution in [3.8, 4) is 0 Å². The monoisotopic (exact) mass is 312 g/mol. The normalized spacial score (nSPS) is 15.8. The zero-order chi connectivity index (χ0) is 15.5. The molecule has 2 rings (SSSR count). The minimum absolute atomic E-state index is 0.178. The molecule has 0 amide bonds. The van der Waals surface area contributed by atoms with Gasteiger partial charge in [0.15, 0.2) is 0 Å². The summed E-state index contributed by atoms with van der Waals surface area (Å²) in [7, 11) is -3.43. The summed E-state index contributed by atoms with van der Waals surface area (Å²) in [5, 5.41) is 8.71. The number of carbonyl (C=O) groups is 1. The SMILES string of the molecule is CCCNS(=O)(=O)c1ccc(N2CC(CC(=O)O)C2)cc1. The van der Waals surface area contributed by atoms with Crippen LogP contribution in [0.25, 0.3) is 0 Å². The van der Waals surface area contributed by atoms with Gasteiger partial charge in [-0.1, -0.05) is 6.92 Å². The van der Waals surface area contributed by atoms with Crippen molar-refractivity contribution in [2.45, 2.75) is 24.7 Å². The van der Waals surface area contributed by atoms with E-state index in [4.69, 9.17) is 5.11 Å². The van der Waals surface area contributed by atoms with Gasteiger partial charge >= 0.3 is 5.97 Å². The lowest BCUT2D eigenvalue weighted by atomic mass is 9.96. The fourth-order valence-electron chi connectivity index (χ4n) is 2.31. The van der Waals surface area contributed by atoms with Crippen molar-refractivity contribution in [1.29, 1.82) is 0 Å². The first kappa shape index (κ1) is 15.8. The Bertz CT molecular complexity index is 592. The highest BCUT2D eigenvalue weighted by Gasteiger charge is 2.28. The third-order valence-electron chi connectivity index (χ3n) is 3.47. The average Bonchev–Trinajstić information content (AvgIpc) is 2.40. The highest BCUT2D eigenvalue weighted by Crippen LogP contribution is 2.27. The summed E-state index contributed by atoms with van der Waals surface area (Å²) < 4.78 is 26.4. The second-order valence-corrected chi connectivity index (χ2v) is 7.03. The molecule has 2 N–H and O–H groups in total. The van der Waals surface area contributed by atoms with E-state index in [1.54, 1.807) is 24.3 Å². The molecule has 0 aromatic heterocycles. The Balaban J connectivity index is 1.96. The summed E-state index contributed by atoms with van der Waals surface area (Å²) in [4.78, 5) is 12.9. The van der Waals surface area contributed by atoms with E-state index in [1.807, 2.05) is 11.8 Å². The smallest absolute Gasteiger partial charge is 0.303 e. The van der Waals surface area contributed by atoms with Crippen LogP contribution in [0.15, 0.2) is 29.2 Å². The van der Waals surface area contributed by atoms with Gasteiger partial charge in [-0.05, 0) is 30.7 Å². The molecule has 1 aromatic rings. The fraction of sp³-hybridized carbons (Fsp3) is 0.500. The van der Waals surface area contributed by atoms with Gasteiger partial charge in [-0.25, -0.2) is 13.1 Å². The molecule has 1 saturated heterocycles. The van der Waals surface area contributed by atoms with Crippen LogP contribution in [0.2, 0.25) is 0 Å². The third kappa shape index (κ3) is 3.95. The number of nitrogens with zero attached hydrogens (tertiary/aromatic N) is 1. The van der Waals surface area contributed by atoms with Gasteiger partial charge in [0.05, 0.1) is 11.3 Å². The van der Waals surface area contributed by atoms with Crippen molar-refractivity contribution in [1.82, 2.24) is 4.72 Å². The van der Waals surface area contributed by atoms with Gasteiger partial charge in [0.1, 0.15) is 0 Å². The van der Waals surface area contributed by atoms with Crippen molar-refractivity contribution in [3.05, 3.63) is 24.3 Å². The van der Waals surface area contributed by atoms with Gasteiger partial charge in [0.25, 0.3) is 0 Å². The number of sulfonamides is 1. The number of anilines is 1. The number of carboxylic acids is 1. The Morgan fingerprint density at radius 3 is 2.48 bits per heavy atom. The maximum absolute atomic E-state index is 11.9. The van der Waals surface area contributed by atoms with Crippen LogP contribution in [0.1, 0.15) is 19.8 Å². The number of rotatable bonds is 7. The second kappa shape index (κ2) is 6.44. The Labute approximate surface area is 124 Å². The summed E-state index contributed by atoms with van der Waals surface area (Å²) in [5.41, 5.74) is 0.922. The lowest BCUT2D eigenvalue weighted by Gasteiger charge is -2.40. The van der Waals surface area contributed by atoms with Gasteiger partial charge in [-0.15, -0.1) is 0 Å². The molecular weight excluding hydrogens is 292 g/mol. The molecule has 1 aliphatic heterocycles. The van der Waals surface area contributed by atoms with E-state index in [0.29, 0.717) is 19.6 Å². The van der Waals surface area contributed by atoms with Crippen LogP contribution >= 0.6 is 0 Å². The van der Waals surface area contributed by atoms with Crippen LogP contribution in [0.5, 0.6) is 0 Å². The first-order chi connectivity index (χ1) is 9.92. The summed E-state index contributed by atoms with van der Waals surface area (Å²) in [6.45, 7) is 3.73. The zero-order valence-corrected chi connectivity index (χ0v) is 12.8. The van der Waals surface area contributed by atoms with Crippen LogP contribution in [-0.2, 0) is 14.8 Å². The third-order valence-corrected chi connectivity index (χ3v) is 4.95. The highest BCUT2D eigenvalue weighted by molar-refractivity contribution is 7.89. The molecule has 21 heavy (non-hydrogen) atoms. The van der Waals surface area contributed by atoms with Crippen LogP contribution in [0.3, 0.4) is 0 Å². The van der Waals surface area contributed by atoms with Crippen LogP contribution < -0.4 is 9.62 Å². The first-order valence-corrected chi connectivity index (χ1v) is 8.47. The summed E-state index contributed by atoms with van der Waals surface area (Å²) in [5.74, 6) is -0.597. The number of nitrogens with one attached hydrogen (secondary N) is 1. The molecule has 6 nitrogen and oxygen atoms in total. The summed E-state index contributed by atoms with van der Waals surface area (Å²) in [6, 6.07) is 6.69. The van der Waals surface area contributed by atoms with Crippen molar-refractivity contribution in [3.63, 3.8) is 0 Å². The van der Waals surface area contributed by atoms with Crippen LogP contribution in [0, 0.1) is 5.92 Å². The molecule has 0 spiro atoms. The van der Waals surface area contributed by atoms with Crippen molar-refractivity contribution < 1.29 is 18.3 Å². The topological polar surface area (TPSA) is 86.7 Å². The molecule has 1 aliphatic rings. The molecular formula is C14H20N2O4S. The quantitative estimate of drug-likeness (QED) is 0.792. The first-order valence-electron chi connectivity index (χ1n) is 6.99. The predicted molar refractivity (Wildman–Crippen MR) is 79.9 cm³/mol. The molecule has 1 aromatic carbocycles. The summed E-state index contributed by atoms with van der Waals surface area (Å²) in [6.07, 6.45) is 0.931. The predicted octanol–water partition coefficient (Wildman–Crippen LogP) is 1.29. The van der Waals surface area contributed by atoms with Crippen LogP contribution in [-0.4, -0.2) is 39.1 Å². The molecule has 116 valence electrons. The van der Waals surface area contributed by atoms with Gasteiger partial charge in [0.2, 0.25) is 10.0 Å². The van der Waals surface area contributed by atoms with Gasteiger partial charge in [-0.3, -0.25) is 4.79 Å². The van der Waals surface area contributed by atoms with E-state index >= 15 is 0 Å². The lowest BCUT2D eigenvalue weighted by molar-refractivity contribution is -0.138. The number of hydrogen-bond acceptors (Lipinski definition) is 4. The lowest BCUT2D eigenvalue weighted by Crippen LogP contribution is -2.47. The van der Waals surface area contributed by atoms with E-state index in [9.17, 15) is 13.2 Å². The average molecular weight is 312 g/mol.